The number of rotatable bonds is 8. The summed E-state index contributed by atoms with van der Waals surface area (Å²) in [4.78, 5) is 17.6. The van der Waals surface area contributed by atoms with Gasteiger partial charge in [-0.15, -0.1) is 0 Å². The minimum absolute atomic E-state index is 0.198. The number of ether oxygens (including phenoxy) is 3. The van der Waals surface area contributed by atoms with Crippen LogP contribution in [0.2, 0.25) is 0 Å². The Morgan fingerprint density at radius 1 is 1.08 bits per heavy atom. The van der Waals surface area contributed by atoms with E-state index in [1.54, 1.807) is 34.8 Å². The fourth-order valence-electron chi connectivity index (χ4n) is 5.68. The van der Waals surface area contributed by atoms with Crippen LogP contribution in [0, 0.1) is 5.82 Å². The zero-order valence-corrected chi connectivity index (χ0v) is 21.7. The van der Waals surface area contributed by atoms with E-state index in [0.717, 1.165) is 42.9 Å². The van der Waals surface area contributed by atoms with Gasteiger partial charge in [0.2, 0.25) is 6.29 Å². The molecule has 3 aliphatic heterocycles. The van der Waals surface area contributed by atoms with Crippen molar-refractivity contribution in [3.8, 4) is 16.9 Å². The zero-order valence-electron chi connectivity index (χ0n) is 21.7. The first kappa shape index (κ1) is 25.0. The number of aromatic nitrogens is 2. The van der Waals surface area contributed by atoms with Gasteiger partial charge in [0.25, 0.3) is 5.91 Å². The lowest BCUT2D eigenvalue weighted by Crippen LogP contribution is -2.29. The molecule has 3 aliphatic rings. The van der Waals surface area contributed by atoms with E-state index in [-0.39, 0.29) is 17.5 Å². The van der Waals surface area contributed by atoms with E-state index in [1.807, 2.05) is 24.3 Å². The molecule has 3 aromatic rings. The molecule has 0 atom stereocenters. The molecule has 9 heteroatoms. The van der Waals surface area contributed by atoms with Crippen molar-refractivity contribution in [3.05, 3.63) is 65.2 Å². The molecule has 1 aromatic heterocycles. The highest BCUT2D eigenvalue weighted by Gasteiger charge is 2.31. The monoisotopic (exact) mass is 520 g/mol. The van der Waals surface area contributed by atoms with Crippen LogP contribution in [0.1, 0.15) is 47.3 Å². The summed E-state index contributed by atoms with van der Waals surface area (Å²) in [5.74, 6) is -0.293. The summed E-state index contributed by atoms with van der Waals surface area (Å²) >= 11 is 0. The number of aryl methyl sites for hydroxylation is 1. The van der Waals surface area contributed by atoms with Crippen LogP contribution in [0.15, 0.2) is 42.5 Å². The third-order valence-corrected chi connectivity index (χ3v) is 7.60. The summed E-state index contributed by atoms with van der Waals surface area (Å²) in [6.07, 6.45) is 3.51. The van der Waals surface area contributed by atoms with Gasteiger partial charge in [0, 0.05) is 31.4 Å². The number of amides is 1. The Kier molecular flexibility index (Phi) is 7.14. The molecule has 8 nitrogen and oxygen atoms in total. The molecule has 0 N–H and O–H groups in total. The molecule has 200 valence electrons. The van der Waals surface area contributed by atoms with Crippen LogP contribution >= 0.6 is 0 Å². The molecule has 0 spiro atoms. The van der Waals surface area contributed by atoms with Crippen LogP contribution < -0.4 is 9.64 Å². The summed E-state index contributed by atoms with van der Waals surface area (Å²) < 4.78 is 34.3. The molecule has 2 aromatic carbocycles. The van der Waals surface area contributed by atoms with Gasteiger partial charge in [-0.3, -0.25) is 9.48 Å². The Bertz CT molecular complexity index is 1310. The van der Waals surface area contributed by atoms with Gasteiger partial charge >= 0.3 is 0 Å². The van der Waals surface area contributed by atoms with Gasteiger partial charge in [-0.25, -0.2) is 4.39 Å². The number of likely N-dealkylation sites (tertiary alicyclic amines) is 1. The number of hydrogen-bond acceptors (Lipinski definition) is 6. The van der Waals surface area contributed by atoms with Gasteiger partial charge in [-0.1, -0.05) is 24.3 Å². The molecule has 2 fully saturated rings. The lowest BCUT2D eigenvalue weighted by Gasteiger charge is -2.17. The minimum atomic E-state index is -0.510. The molecule has 6 rings (SSSR count). The first-order chi connectivity index (χ1) is 18.6. The summed E-state index contributed by atoms with van der Waals surface area (Å²) in [5.41, 5.74) is 4.04. The predicted molar refractivity (Wildman–Crippen MR) is 141 cm³/mol. The van der Waals surface area contributed by atoms with E-state index in [4.69, 9.17) is 14.2 Å². The van der Waals surface area contributed by atoms with Gasteiger partial charge in [-0.05, 0) is 68.1 Å². The quantitative estimate of drug-likeness (QED) is 0.412. The van der Waals surface area contributed by atoms with Crippen molar-refractivity contribution in [2.45, 2.75) is 32.0 Å². The second-order valence-electron chi connectivity index (χ2n) is 10.0. The highest BCUT2D eigenvalue weighted by molar-refractivity contribution is 6.06. The summed E-state index contributed by atoms with van der Waals surface area (Å²) in [6.45, 7) is 5.29. The van der Waals surface area contributed by atoms with E-state index in [0.29, 0.717) is 49.7 Å². The van der Waals surface area contributed by atoms with Gasteiger partial charge in [0.05, 0.1) is 25.5 Å². The number of carbonyl (C=O) groups excluding carboxylic acids is 1. The van der Waals surface area contributed by atoms with Crippen molar-refractivity contribution in [1.82, 2.24) is 14.7 Å². The van der Waals surface area contributed by atoms with Crippen molar-refractivity contribution >= 4 is 11.6 Å². The van der Waals surface area contributed by atoms with Crippen molar-refractivity contribution < 1.29 is 23.4 Å². The number of benzene rings is 2. The largest absolute Gasteiger partial charge is 0.490 e. The number of carbonyl (C=O) groups is 1. The molecule has 4 heterocycles. The Labute approximate surface area is 221 Å². The molecule has 1 amide bonds. The average molecular weight is 521 g/mol. The van der Waals surface area contributed by atoms with E-state index >= 15 is 4.39 Å². The number of halogens is 1. The maximum absolute atomic E-state index is 15.6. The van der Waals surface area contributed by atoms with Crippen molar-refractivity contribution in [2.75, 3.05) is 50.9 Å². The Balaban J connectivity index is 1.20. The fourth-order valence-corrected chi connectivity index (χ4v) is 5.68. The van der Waals surface area contributed by atoms with Crippen LogP contribution in [-0.4, -0.2) is 66.6 Å². The molecule has 0 bridgehead atoms. The van der Waals surface area contributed by atoms with E-state index in [1.165, 1.54) is 12.8 Å². The standard InChI is InChI=1S/C29H33FN4O4/c1-32-25(29-37-17-18-38-29)19-23(31-32)28(35)34-15-11-21-20(7-4-9-24(21)34)22-8-5-10-26(27(22)30)36-16-6-14-33-12-2-3-13-33/h4-5,7-10,19,29H,2-3,6,11-18H2,1H3. The fraction of sp³-hybridized carbons (Fsp3) is 0.448. The normalized spacial score (nSPS) is 17.9. The molecule has 0 unspecified atom stereocenters. The average Bonchev–Trinajstić information content (AvgIpc) is 3.74. The number of nitrogens with zero attached hydrogens (tertiary/aromatic N) is 4. The number of hydrogen-bond donors (Lipinski definition) is 0. The number of fused-ring (bicyclic) bond motifs is 1. The molecule has 0 radical (unpaired) electrons. The third kappa shape index (κ3) is 4.81. The topological polar surface area (TPSA) is 69.1 Å². The molecule has 0 saturated carbocycles. The van der Waals surface area contributed by atoms with E-state index < -0.39 is 6.29 Å². The van der Waals surface area contributed by atoms with Gasteiger partial charge in [0.15, 0.2) is 17.3 Å². The first-order valence-electron chi connectivity index (χ1n) is 13.4. The van der Waals surface area contributed by atoms with Crippen molar-refractivity contribution in [2.24, 2.45) is 7.05 Å². The van der Waals surface area contributed by atoms with Crippen LogP contribution in [0.5, 0.6) is 5.75 Å². The molecule has 38 heavy (non-hydrogen) atoms. The SMILES string of the molecule is Cn1nc(C(=O)N2CCc3c(-c4cccc(OCCCN5CCCC5)c4F)cccc32)cc1C1OCCO1. The summed E-state index contributed by atoms with van der Waals surface area (Å²) in [6, 6.07) is 12.7. The van der Waals surface area contributed by atoms with Crippen LogP contribution in [0.4, 0.5) is 10.1 Å². The molecular weight excluding hydrogens is 487 g/mol. The van der Waals surface area contributed by atoms with Gasteiger partial charge in [-0.2, -0.15) is 5.10 Å². The maximum Gasteiger partial charge on any atom is 0.278 e. The van der Waals surface area contributed by atoms with E-state index in [9.17, 15) is 4.79 Å². The molecule has 0 aliphatic carbocycles. The van der Waals surface area contributed by atoms with Crippen LogP contribution in [-0.2, 0) is 22.9 Å². The van der Waals surface area contributed by atoms with Crippen molar-refractivity contribution in [1.29, 1.82) is 0 Å². The molecular formula is C29H33FN4O4. The Hall–Kier alpha value is -3.27. The molecule has 2 saturated heterocycles. The second kappa shape index (κ2) is 10.8. The highest BCUT2D eigenvalue weighted by Crippen LogP contribution is 2.39. The Morgan fingerprint density at radius 2 is 1.84 bits per heavy atom. The van der Waals surface area contributed by atoms with Gasteiger partial charge in [0.1, 0.15) is 0 Å². The number of anilines is 1. The van der Waals surface area contributed by atoms with Crippen LogP contribution in [0.25, 0.3) is 11.1 Å². The lowest BCUT2D eigenvalue weighted by molar-refractivity contribution is -0.0497. The zero-order chi connectivity index (χ0) is 26.1. The first-order valence-corrected chi connectivity index (χ1v) is 13.4. The lowest BCUT2D eigenvalue weighted by atomic mass is 9.97. The van der Waals surface area contributed by atoms with Crippen LogP contribution in [0.3, 0.4) is 0 Å². The highest BCUT2D eigenvalue weighted by atomic mass is 19.1. The predicted octanol–water partition coefficient (Wildman–Crippen LogP) is 4.34. The second-order valence-corrected chi connectivity index (χ2v) is 10.0. The summed E-state index contributed by atoms with van der Waals surface area (Å²) in [7, 11) is 1.78. The third-order valence-electron chi connectivity index (χ3n) is 7.60. The Morgan fingerprint density at radius 3 is 2.66 bits per heavy atom. The maximum atomic E-state index is 15.6. The van der Waals surface area contributed by atoms with E-state index in [2.05, 4.69) is 10.00 Å². The minimum Gasteiger partial charge on any atom is -0.490 e. The summed E-state index contributed by atoms with van der Waals surface area (Å²) in [5, 5.41) is 4.43. The van der Waals surface area contributed by atoms with Gasteiger partial charge < -0.3 is 24.0 Å². The van der Waals surface area contributed by atoms with Crippen molar-refractivity contribution in [3.63, 3.8) is 0 Å². The smallest absolute Gasteiger partial charge is 0.278 e.